The first-order chi connectivity index (χ1) is 9.69. The number of hydrogen-bond donors (Lipinski definition) is 1. The molecular formula is C16H25FN2O. The normalized spacial score (nSPS) is 21.9. The Morgan fingerprint density at radius 1 is 1.50 bits per heavy atom. The van der Waals surface area contributed by atoms with E-state index in [2.05, 4.69) is 4.90 Å². The van der Waals surface area contributed by atoms with Gasteiger partial charge in [0.15, 0.2) is 0 Å². The van der Waals surface area contributed by atoms with Gasteiger partial charge in [0, 0.05) is 25.7 Å². The molecule has 0 amide bonds. The molecule has 0 spiro atoms. The highest BCUT2D eigenvalue weighted by molar-refractivity contribution is 5.19. The van der Waals surface area contributed by atoms with Gasteiger partial charge in [-0.3, -0.25) is 0 Å². The van der Waals surface area contributed by atoms with Crippen LogP contribution in [0.15, 0.2) is 24.3 Å². The maximum atomic E-state index is 13.2. The predicted molar refractivity (Wildman–Crippen MR) is 79.0 cm³/mol. The van der Waals surface area contributed by atoms with Crippen molar-refractivity contribution >= 4 is 0 Å². The number of likely N-dealkylation sites (tertiary alicyclic amines) is 1. The van der Waals surface area contributed by atoms with Gasteiger partial charge >= 0.3 is 0 Å². The third kappa shape index (κ3) is 4.54. The van der Waals surface area contributed by atoms with Gasteiger partial charge in [0.25, 0.3) is 0 Å². The molecule has 2 N–H and O–H groups in total. The van der Waals surface area contributed by atoms with Crippen molar-refractivity contribution in [1.82, 2.24) is 4.90 Å². The van der Waals surface area contributed by atoms with E-state index in [-0.39, 0.29) is 11.9 Å². The van der Waals surface area contributed by atoms with Crippen LogP contribution >= 0.6 is 0 Å². The van der Waals surface area contributed by atoms with E-state index >= 15 is 0 Å². The van der Waals surface area contributed by atoms with Crippen molar-refractivity contribution in [3.05, 3.63) is 35.6 Å². The van der Waals surface area contributed by atoms with E-state index < -0.39 is 0 Å². The summed E-state index contributed by atoms with van der Waals surface area (Å²) < 4.78 is 18.9. The molecule has 0 radical (unpaired) electrons. The molecule has 1 fully saturated rings. The molecule has 0 bridgehead atoms. The molecular weight excluding hydrogens is 255 g/mol. The summed E-state index contributed by atoms with van der Waals surface area (Å²) in [6, 6.07) is 6.50. The van der Waals surface area contributed by atoms with Crippen LogP contribution in [-0.4, -0.2) is 37.2 Å². The van der Waals surface area contributed by atoms with Crippen molar-refractivity contribution in [1.29, 1.82) is 0 Å². The van der Waals surface area contributed by atoms with Crippen LogP contribution in [0.5, 0.6) is 0 Å². The van der Waals surface area contributed by atoms with Gasteiger partial charge in [0.1, 0.15) is 5.82 Å². The number of rotatable bonds is 6. The third-order valence-corrected chi connectivity index (χ3v) is 3.90. The average Bonchev–Trinajstić information content (AvgIpc) is 2.45. The van der Waals surface area contributed by atoms with Gasteiger partial charge in [-0.05, 0) is 50.4 Å². The lowest BCUT2D eigenvalue weighted by atomic mass is 10.0. The Hall–Kier alpha value is -0.970. The van der Waals surface area contributed by atoms with Gasteiger partial charge in [0.05, 0.1) is 6.10 Å². The molecule has 4 heteroatoms. The number of hydrogen-bond acceptors (Lipinski definition) is 3. The van der Waals surface area contributed by atoms with Gasteiger partial charge in [0.2, 0.25) is 0 Å². The first kappa shape index (κ1) is 15.4. The zero-order valence-corrected chi connectivity index (χ0v) is 12.2. The molecule has 2 atom stereocenters. The molecule has 0 aliphatic carbocycles. The highest BCUT2D eigenvalue weighted by Crippen LogP contribution is 2.18. The minimum atomic E-state index is -0.215. The standard InChI is InChI=1S/C16H25FN2O/c1-2-20-15-7-4-9-19(12-15)10-8-16(18)13-5-3-6-14(17)11-13/h3,5-6,11,15-16H,2,4,7-10,12,18H2,1H3. The van der Waals surface area contributed by atoms with Crippen molar-refractivity contribution in [2.45, 2.75) is 38.3 Å². The van der Waals surface area contributed by atoms with Crippen LogP contribution in [0.3, 0.4) is 0 Å². The van der Waals surface area contributed by atoms with Gasteiger partial charge in [-0.25, -0.2) is 4.39 Å². The van der Waals surface area contributed by atoms with Crippen molar-refractivity contribution in [3.8, 4) is 0 Å². The number of nitrogens with zero attached hydrogens (tertiary/aromatic N) is 1. The number of halogens is 1. The largest absolute Gasteiger partial charge is 0.377 e. The van der Waals surface area contributed by atoms with Crippen LogP contribution in [-0.2, 0) is 4.74 Å². The Balaban J connectivity index is 1.79. The maximum Gasteiger partial charge on any atom is 0.123 e. The van der Waals surface area contributed by atoms with Crippen molar-refractivity contribution in [2.75, 3.05) is 26.2 Å². The SMILES string of the molecule is CCOC1CCCN(CCC(N)c2cccc(F)c2)C1. The quantitative estimate of drug-likeness (QED) is 0.870. The van der Waals surface area contributed by atoms with E-state index in [9.17, 15) is 4.39 Å². The second kappa shape index (κ2) is 7.72. The molecule has 112 valence electrons. The second-order valence-electron chi connectivity index (χ2n) is 5.47. The average molecular weight is 280 g/mol. The summed E-state index contributed by atoms with van der Waals surface area (Å²) in [5, 5.41) is 0. The van der Waals surface area contributed by atoms with Crippen LogP contribution < -0.4 is 5.73 Å². The summed E-state index contributed by atoms with van der Waals surface area (Å²) in [5.41, 5.74) is 7.03. The molecule has 0 saturated carbocycles. The minimum Gasteiger partial charge on any atom is -0.377 e. The van der Waals surface area contributed by atoms with Crippen LogP contribution in [0.2, 0.25) is 0 Å². The van der Waals surface area contributed by atoms with Crippen LogP contribution in [0.1, 0.15) is 37.8 Å². The Labute approximate surface area is 120 Å². The zero-order valence-electron chi connectivity index (χ0n) is 12.2. The Morgan fingerprint density at radius 3 is 3.10 bits per heavy atom. The molecule has 1 heterocycles. The fourth-order valence-electron chi connectivity index (χ4n) is 2.81. The Morgan fingerprint density at radius 2 is 2.35 bits per heavy atom. The summed E-state index contributed by atoms with van der Waals surface area (Å²) in [6.07, 6.45) is 3.54. The van der Waals surface area contributed by atoms with Gasteiger partial charge < -0.3 is 15.4 Å². The van der Waals surface area contributed by atoms with E-state index in [1.54, 1.807) is 6.07 Å². The zero-order chi connectivity index (χ0) is 14.4. The lowest BCUT2D eigenvalue weighted by molar-refractivity contribution is 0.00530. The molecule has 1 saturated heterocycles. The summed E-state index contributed by atoms with van der Waals surface area (Å²) in [5.74, 6) is -0.215. The van der Waals surface area contributed by atoms with Crippen molar-refractivity contribution in [2.24, 2.45) is 5.73 Å². The van der Waals surface area contributed by atoms with E-state index in [4.69, 9.17) is 10.5 Å². The molecule has 0 aromatic heterocycles. The highest BCUT2D eigenvalue weighted by atomic mass is 19.1. The maximum absolute atomic E-state index is 13.2. The number of piperidine rings is 1. The molecule has 1 aliphatic heterocycles. The fourth-order valence-corrected chi connectivity index (χ4v) is 2.81. The first-order valence-corrected chi connectivity index (χ1v) is 7.54. The number of nitrogens with two attached hydrogens (primary N) is 1. The van der Waals surface area contributed by atoms with Crippen LogP contribution in [0, 0.1) is 5.82 Å². The molecule has 2 rings (SSSR count). The summed E-state index contributed by atoms with van der Waals surface area (Å²) >= 11 is 0. The summed E-state index contributed by atoms with van der Waals surface area (Å²) in [7, 11) is 0. The molecule has 2 unspecified atom stereocenters. The van der Waals surface area contributed by atoms with Gasteiger partial charge in [-0.15, -0.1) is 0 Å². The Kier molecular flexibility index (Phi) is 5.95. The second-order valence-corrected chi connectivity index (χ2v) is 5.47. The minimum absolute atomic E-state index is 0.0989. The Bertz CT molecular complexity index is 411. The van der Waals surface area contributed by atoms with Crippen LogP contribution in [0.25, 0.3) is 0 Å². The van der Waals surface area contributed by atoms with Gasteiger partial charge in [-0.1, -0.05) is 12.1 Å². The summed E-state index contributed by atoms with van der Waals surface area (Å²) in [6.45, 7) is 5.87. The molecule has 1 aromatic carbocycles. The van der Waals surface area contributed by atoms with Gasteiger partial charge in [-0.2, -0.15) is 0 Å². The monoisotopic (exact) mass is 280 g/mol. The number of benzene rings is 1. The topological polar surface area (TPSA) is 38.5 Å². The first-order valence-electron chi connectivity index (χ1n) is 7.54. The third-order valence-electron chi connectivity index (χ3n) is 3.90. The smallest absolute Gasteiger partial charge is 0.123 e. The van der Waals surface area contributed by atoms with E-state index in [1.807, 2.05) is 13.0 Å². The lowest BCUT2D eigenvalue weighted by Gasteiger charge is -2.33. The molecule has 1 aromatic rings. The molecule has 3 nitrogen and oxygen atoms in total. The predicted octanol–water partition coefficient (Wildman–Crippen LogP) is 2.72. The fraction of sp³-hybridized carbons (Fsp3) is 0.625. The summed E-state index contributed by atoms with van der Waals surface area (Å²) in [4.78, 5) is 2.41. The van der Waals surface area contributed by atoms with Crippen molar-refractivity contribution < 1.29 is 9.13 Å². The lowest BCUT2D eigenvalue weighted by Crippen LogP contribution is -2.40. The van der Waals surface area contributed by atoms with Crippen molar-refractivity contribution in [3.63, 3.8) is 0 Å². The molecule has 1 aliphatic rings. The number of ether oxygens (including phenoxy) is 1. The highest BCUT2D eigenvalue weighted by Gasteiger charge is 2.20. The van der Waals surface area contributed by atoms with E-state index in [1.165, 1.54) is 18.6 Å². The molecule has 20 heavy (non-hydrogen) atoms. The van der Waals surface area contributed by atoms with Crippen LogP contribution in [0.4, 0.5) is 4.39 Å². The van der Waals surface area contributed by atoms with E-state index in [0.29, 0.717) is 6.10 Å². The van der Waals surface area contributed by atoms with E-state index in [0.717, 1.165) is 44.6 Å².